The molecule has 0 aromatic heterocycles. The van der Waals surface area contributed by atoms with Gasteiger partial charge in [0.05, 0.1) is 0 Å². The van der Waals surface area contributed by atoms with Crippen molar-refractivity contribution in [2.24, 2.45) is 0 Å². The second kappa shape index (κ2) is 3.81. The number of rotatable bonds is 2. The van der Waals surface area contributed by atoms with Crippen LogP contribution in [0.25, 0.3) is 0 Å². The maximum absolute atomic E-state index is 5.85. The second-order valence-electron chi connectivity index (χ2n) is 2.94. The molecule has 0 N–H and O–H groups in total. The van der Waals surface area contributed by atoms with Crippen molar-refractivity contribution < 1.29 is 0 Å². The Kier molecular flexibility index (Phi) is 2.99. The van der Waals surface area contributed by atoms with Crippen LogP contribution in [0.2, 0.25) is 5.02 Å². The molecule has 1 aromatic rings. The van der Waals surface area contributed by atoms with Crippen molar-refractivity contribution in [3.05, 3.63) is 28.8 Å². The lowest BCUT2D eigenvalue weighted by Crippen LogP contribution is -2.16. The molecule has 1 nitrogen and oxygen atoms in total. The zero-order valence-corrected chi connectivity index (χ0v) is 8.52. The molecule has 0 bridgehead atoms. The van der Waals surface area contributed by atoms with Crippen LogP contribution in [0.1, 0.15) is 12.5 Å². The summed E-state index contributed by atoms with van der Waals surface area (Å²) in [5, 5.41) is 0.806. The van der Waals surface area contributed by atoms with Crippen LogP contribution in [0.15, 0.2) is 18.2 Å². The first-order valence-corrected chi connectivity index (χ1v) is 4.50. The fourth-order valence-electron chi connectivity index (χ4n) is 1.22. The average Bonchev–Trinajstić information content (AvgIpc) is 2.03. The van der Waals surface area contributed by atoms with E-state index in [4.69, 9.17) is 11.6 Å². The normalized spacial score (nSPS) is 10.0. The van der Waals surface area contributed by atoms with Gasteiger partial charge in [-0.05, 0) is 37.6 Å². The summed E-state index contributed by atoms with van der Waals surface area (Å²) in [6.45, 7) is 5.23. The molecule has 0 aliphatic heterocycles. The molecule has 66 valence electrons. The second-order valence-corrected chi connectivity index (χ2v) is 3.38. The Morgan fingerprint density at radius 1 is 1.42 bits per heavy atom. The minimum atomic E-state index is 0.806. The molecule has 0 amide bonds. The highest BCUT2D eigenvalue weighted by molar-refractivity contribution is 6.30. The van der Waals surface area contributed by atoms with Crippen LogP contribution in [0.4, 0.5) is 5.69 Å². The van der Waals surface area contributed by atoms with E-state index in [1.54, 1.807) is 0 Å². The molecule has 0 atom stereocenters. The van der Waals surface area contributed by atoms with E-state index in [1.807, 2.05) is 12.1 Å². The molecule has 0 saturated carbocycles. The number of anilines is 1. The van der Waals surface area contributed by atoms with Gasteiger partial charge in [-0.25, -0.2) is 0 Å². The fraction of sp³-hybridized carbons (Fsp3) is 0.400. The summed E-state index contributed by atoms with van der Waals surface area (Å²) >= 11 is 5.85. The lowest BCUT2D eigenvalue weighted by molar-refractivity contribution is 0.961. The van der Waals surface area contributed by atoms with Crippen molar-refractivity contribution in [2.45, 2.75) is 13.8 Å². The molecule has 0 aliphatic rings. The molecule has 0 fully saturated rings. The molecule has 0 radical (unpaired) electrons. The van der Waals surface area contributed by atoms with Crippen molar-refractivity contribution >= 4 is 17.3 Å². The molecule has 0 unspecified atom stereocenters. The minimum absolute atomic E-state index is 0.806. The van der Waals surface area contributed by atoms with Gasteiger partial charge < -0.3 is 4.90 Å². The van der Waals surface area contributed by atoms with Gasteiger partial charge in [0.25, 0.3) is 0 Å². The number of benzene rings is 1. The topological polar surface area (TPSA) is 3.24 Å². The van der Waals surface area contributed by atoms with Crippen LogP contribution in [-0.4, -0.2) is 13.6 Å². The molecule has 0 spiro atoms. The van der Waals surface area contributed by atoms with Crippen molar-refractivity contribution in [3.63, 3.8) is 0 Å². The van der Waals surface area contributed by atoms with Gasteiger partial charge in [0.2, 0.25) is 0 Å². The highest BCUT2D eigenvalue weighted by atomic mass is 35.5. The third-order valence-electron chi connectivity index (χ3n) is 2.04. The van der Waals surface area contributed by atoms with Gasteiger partial charge in [0.1, 0.15) is 0 Å². The summed E-state index contributed by atoms with van der Waals surface area (Å²) in [7, 11) is 2.08. The summed E-state index contributed by atoms with van der Waals surface area (Å²) in [5.41, 5.74) is 2.48. The van der Waals surface area contributed by atoms with E-state index in [2.05, 4.69) is 31.9 Å². The van der Waals surface area contributed by atoms with Gasteiger partial charge in [0.15, 0.2) is 0 Å². The predicted molar refractivity (Wildman–Crippen MR) is 55.1 cm³/mol. The molecule has 1 rings (SSSR count). The molecule has 2 heteroatoms. The van der Waals surface area contributed by atoms with Crippen molar-refractivity contribution in [1.82, 2.24) is 0 Å². The Hall–Kier alpha value is -0.690. The Labute approximate surface area is 79.0 Å². The first-order valence-electron chi connectivity index (χ1n) is 4.12. The Morgan fingerprint density at radius 3 is 2.58 bits per heavy atom. The van der Waals surface area contributed by atoms with Crippen LogP contribution in [-0.2, 0) is 0 Å². The largest absolute Gasteiger partial charge is 0.375 e. The van der Waals surface area contributed by atoms with Gasteiger partial charge in [0, 0.05) is 24.3 Å². The quantitative estimate of drug-likeness (QED) is 0.681. The van der Waals surface area contributed by atoms with E-state index in [0.29, 0.717) is 0 Å². The number of hydrogen-bond donors (Lipinski definition) is 0. The van der Waals surface area contributed by atoms with Gasteiger partial charge in [-0.3, -0.25) is 0 Å². The first-order chi connectivity index (χ1) is 5.65. The molecule has 0 saturated heterocycles. The van der Waals surface area contributed by atoms with E-state index in [-0.39, 0.29) is 0 Å². The van der Waals surface area contributed by atoms with Crippen LogP contribution in [0.3, 0.4) is 0 Å². The van der Waals surface area contributed by atoms with E-state index < -0.39 is 0 Å². The summed E-state index contributed by atoms with van der Waals surface area (Å²) in [6, 6.07) is 5.97. The zero-order valence-electron chi connectivity index (χ0n) is 7.76. The van der Waals surface area contributed by atoms with Crippen LogP contribution in [0, 0.1) is 6.92 Å². The lowest BCUT2D eigenvalue weighted by Gasteiger charge is -2.19. The monoisotopic (exact) mass is 183 g/mol. The third kappa shape index (κ3) is 1.92. The minimum Gasteiger partial charge on any atom is -0.375 e. The molecule has 0 heterocycles. The van der Waals surface area contributed by atoms with E-state index in [0.717, 1.165) is 11.6 Å². The molecular formula is C10H14ClN. The highest BCUT2D eigenvalue weighted by Gasteiger charge is 2.01. The smallest absolute Gasteiger partial charge is 0.0410 e. The SMILES string of the molecule is CCN(C)c1ccc(Cl)cc1C. The lowest BCUT2D eigenvalue weighted by atomic mass is 10.2. The van der Waals surface area contributed by atoms with Gasteiger partial charge in [-0.15, -0.1) is 0 Å². The zero-order chi connectivity index (χ0) is 9.14. The average molecular weight is 184 g/mol. The fourth-order valence-corrected chi connectivity index (χ4v) is 1.44. The summed E-state index contributed by atoms with van der Waals surface area (Å²) in [4.78, 5) is 2.20. The maximum atomic E-state index is 5.85. The van der Waals surface area contributed by atoms with E-state index >= 15 is 0 Å². The van der Waals surface area contributed by atoms with Crippen molar-refractivity contribution in [1.29, 1.82) is 0 Å². The van der Waals surface area contributed by atoms with E-state index in [9.17, 15) is 0 Å². The Balaban J connectivity index is 3.01. The predicted octanol–water partition coefficient (Wildman–Crippen LogP) is 3.10. The van der Waals surface area contributed by atoms with Crippen molar-refractivity contribution in [2.75, 3.05) is 18.5 Å². The van der Waals surface area contributed by atoms with Crippen molar-refractivity contribution in [3.8, 4) is 0 Å². The summed E-state index contributed by atoms with van der Waals surface area (Å²) < 4.78 is 0. The molecule has 1 aromatic carbocycles. The standard InChI is InChI=1S/C10H14ClN/c1-4-12(3)10-6-5-9(11)7-8(10)2/h5-7H,4H2,1-3H3. The summed E-state index contributed by atoms with van der Waals surface area (Å²) in [5.74, 6) is 0. The number of hydrogen-bond acceptors (Lipinski definition) is 1. The number of halogens is 1. The highest BCUT2D eigenvalue weighted by Crippen LogP contribution is 2.22. The van der Waals surface area contributed by atoms with Gasteiger partial charge >= 0.3 is 0 Å². The molecule has 12 heavy (non-hydrogen) atoms. The van der Waals surface area contributed by atoms with E-state index in [1.165, 1.54) is 11.3 Å². The Bertz CT molecular complexity index is 271. The van der Waals surface area contributed by atoms with Crippen LogP contribution in [0.5, 0.6) is 0 Å². The number of nitrogens with zero attached hydrogens (tertiary/aromatic N) is 1. The molecular weight excluding hydrogens is 170 g/mol. The van der Waals surface area contributed by atoms with Crippen LogP contribution < -0.4 is 4.90 Å². The van der Waals surface area contributed by atoms with Crippen LogP contribution >= 0.6 is 11.6 Å². The first kappa shape index (κ1) is 9.40. The molecule has 0 aliphatic carbocycles. The number of aryl methyl sites for hydroxylation is 1. The third-order valence-corrected chi connectivity index (χ3v) is 2.28. The maximum Gasteiger partial charge on any atom is 0.0410 e. The van der Waals surface area contributed by atoms with Gasteiger partial charge in [-0.1, -0.05) is 11.6 Å². The van der Waals surface area contributed by atoms with Gasteiger partial charge in [-0.2, -0.15) is 0 Å². The summed E-state index contributed by atoms with van der Waals surface area (Å²) in [6.07, 6.45) is 0. The Morgan fingerprint density at radius 2 is 2.08 bits per heavy atom.